The van der Waals surface area contributed by atoms with Gasteiger partial charge in [-0.15, -0.1) is 11.3 Å². The minimum atomic E-state index is -0.180. The molecule has 0 atom stereocenters. The van der Waals surface area contributed by atoms with Gasteiger partial charge in [-0.05, 0) is 37.1 Å². The Morgan fingerprint density at radius 2 is 1.87 bits per heavy atom. The summed E-state index contributed by atoms with van der Waals surface area (Å²) in [6.45, 7) is 2.99. The number of methoxy groups -OCH3 is 2. The number of amides is 1. The van der Waals surface area contributed by atoms with Crippen molar-refractivity contribution < 1.29 is 14.3 Å². The number of rotatable bonds is 7. The number of aryl methyl sites for hydroxylation is 1. The zero-order valence-corrected chi connectivity index (χ0v) is 18.5. The maximum absolute atomic E-state index is 12.9. The Bertz CT molecular complexity index is 1320. The van der Waals surface area contributed by atoms with Crippen molar-refractivity contribution in [2.45, 2.75) is 19.9 Å². The molecule has 0 saturated heterocycles. The summed E-state index contributed by atoms with van der Waals surface area (Å²) in [7, 11) is 3.22. The van der Waals surface area contributed by atoms with E-state index in [1.807, 2.05) is 49.4 Å². The van der Waals surface area contributed by atoms with Crippen LogP contribution in [0.2, 0.25) is 0 Å². The number of nitrogens with one attached hydrogen (secondary N) is 1. The van der Waals surface area contributed by atoms with Gasteiger partial charge in [0.25, 0.3) is 11.5 Å². The third-order valence-corrected chi connectivity index (χ3v) is 6.53. The Hall–Kier alpha value is -3.32. The summed E-state index contributed by atoms with van der Waals surface area (Å²) in [5.74, 6) is 1.27. The van der Waals surface area contributed by atoms with E-state index in [1.165, 1.54) is 11.3 Å². The lowest BCUT2D eigenvalue weighted by Gasteiger charge is -2.10. The SMILES string of the molecule is CCn1c(=O)c2cc(C(=O)NCCc3ccc(OC)cc3OC)sc2c2ccccc21. The maximum atomic E-state index is 12.9. The number of nitrogens with zero attached hydrogens (tertiary/aromatic N) is 1. The zero-order valence-electron chi connectivity index (χ0n) is 17.7. The Morgan fingerprint density at radius 1 is 1.06 bits per heavy atom. The van der Waals surface area contributed by atoms with Crippen LogP contribution >= 0.6 is 11.3 Å². The van der Waals surface area contributed by atoms with Crippen LogP contribution in [0.4, 0.5) is 0 Å². The molecule has 1 N–H and O–H groups in total. The molecule has 4 rings (SSSR count). The first-order valence-electron chi connectivity index (χ1n) is 10.1. The van der Waals surface area contributed by atoms with Crippen molar-refractivity contribution in [3.8, 4) is 11.5 Å². The lowest BCUT2D eigenvalue weighted by molar-refractivity contribution is 0.0958. The molecule has 6 nitrogen and oxygen atoms in total. The number of fused-ring (bicyclic) bond motifs is 3. The molecule has 7 heteroatoms. The van der Waals surface area contributed by atoms with Crippen LogP contribution in [0, 0.1) is 0 Å². The predicted molar refractivity (Wildman–Crippen MR) is 125 cm³/mol. The Morgan fingerprint density at radius 3 is 2.61 bits per heavy atom. The highest BCUT2D eigenvalue weighted by Crippen LogP contribution is 2.30. The van der Waals surface area contributed by atoms with Crippen molar-refractivity contribution in [1.29, 1.82) is 0 Å². The van der Waals surface area contributed by atoms with E-state index < -0.39 is 0 Å². The molecule has 0 bridgehead atoms. The molecule has 2 heterocycles. The smallest absolute Gasteiger partial charge is 0.261 e. The number of ether oxygens (including phenoxy) is 2. The first kappa shape index (κ1) is 20.9. The number of hydrogen-bond donors (Lipinski definition) is 1. The van der Waals surface area contributed by atoms with Gasteiger partial charge in [-0.2, -0.15) is 0 Å². The molecule has 2 aromatic heterocycles. The number of benzene rings is 2. The van der Waals surface area contributed by atoms with E-state index in [0.717, 1.165) is 32.7 Å². The number of carbonyl (C=O) groups is 1. The third-order valence-electron chi connectivity index (χ3n) is 5.36. The fourth-order valence-corrected chi connectivity index (χ4v) is 4.89. The fourth-order valence-electron chi connectivity index (χ4n) is 3.79. The summed E-state index contributed by atoms with van der Waals surface area (Å²) in [5.41, 5.74) is 1.81. The molecule has 1 amide bonds. The van der Waals surface area contributed by atoms with Crippen LogP contribution in [-0.2, 0) is 13.0 Å². The van der Waals surface area contributed by atoms with E-state index in [4.69, 9.17) is 9.47 Å². The number of para-hydroxylation sites is 1. The largest absolute Gasteiger partial charge is 0.497 e. The molecule has 0 aliphatic heterocycles. The van der Waals surface area contributed by atoms with Crippen LogP contribution in [0.5, 0.6) is 11.5 Å². The second-order valence-electron chi connectivity index (χ2n) is 7.10. The Labute approximate surface area is 184 Å². The highest BCUT2D eigenvalue weighted by atomic mass is 32.1. The highest BCUT2D eigenvalue weighted by molar-refractivity contribution is 7.21. The van der Waals surface area contributed by atoms with Gasteiger partial charge in [0.15, 0.2) is 0 Å². The Kier molecular flexibility index (Phi) is 5.95. The van der Waals surface area contributed by atoms with Crippen LogP contribution in [0.3, 0.4) is 0 Å². The third kappa shape index (κ3) is 3.88. The summed E-state index contributed by atoms with van der Waals surface area (Å²) in [6.07, 6.45) is 0.620. The first-order valence-corrected chi connectivity index (χ1v) is 10.9. The topological polar surface area (TPSA) is 69.6 Å². The molecule has 31 heavy (non-hydrogen) atoms. The molecular formula is C24H24N2O4S. The molecule has 0 spiro atoms. The molecule has 160 valence electrons. The summed E-state index contributed by atoms with van der Waals surface area (Å²) in [5, 5.41) is 4.54. The van der Waals surface area contributed by atoms with Crippen molar-refractivity contribution in [3.63, 3.8) is 0 Å². The molecular weight excluding hydrogens is 412 g/mol. The minimum Gasteiger partial charge on any atom is -0.497 e. The van der Waals surface area contributed by atoms with Crippen molar-refractivity contribution in [2.24, 2.45) is 0 Å². The van der Waals surface area contributed by atoms with Crippen LogP contribution in [0.25, 0.3) is 21.0 Å². The lowest BCUT2D eigenvalue weighted by Crippen LogP contribution is -2.25. The summed E-state index contributed by atoms with van der Waals surface area (Å²) in [6, 6.07) is 15.2. The van der Waals surface area contributed by atoms with Gasteiger partial charge in [-0.25, -0.2) is 0 Å². The quantitative estimate of drug-likeness (QED) is 0.471. The average molecular weight is 437 g/mol. The van der Waals surface area contributed by atoms with E-state index in [9.17, 15) is 9.59 Å². The summed E-state index contributed by atoms with van der Waals surface area (Å²) >= 11 is 1.36. The number of hydrogen-bond acceptors (Lipinski definition) is 5. The van der Waals surface area contributed by atoms with E-state index in [-0.39, 0.29) is 11.5 Å². The molecule has 0 aliphatic carbocycles. The van der Waals surface area contributed by atoms with Gasteiger partial charge in [0.2, 0.25) is 0 Å². The monoisotopic (exact) mass is 436 g/mol. The number of thiophene rings is 1. The molecule has 0 aliphatic rings. The van der Waals surface area contributed by atoms with E-state index in [2.05, 4.69) is 5.32 Å². The van der Waals surface area contributed by atoms with E-state index in [0.29, 0.717) is 29.8 Å². The van der Waals surface area contributed by atoms with Crippen molar-refractivity contribution in [1.82, 2.24) is 9.88 Å². The molecule has 4 aromatic rings. The second kappa shape index (κ2) is 8.81. The van der Waals surface area contributed by atoms with Crippen molar-refractivity contribution >= 4 is 38.2 Å². The normalized spacial score (nSPS) is 11.1. The van der Waals surface area contributed by atoms with Gasteiger partial charge in [-0.1, -0.05) is 24.3 Å². The van der Waals surface area contributed by atoms with Gasteiger partial charge in [0.05, 0.1) is 30.0 Å². The number of pyridine rings is 1. The maximum Gasteiger partial charge on any atom is 0.261 e. The fraction of sp³-hybridized carbons (Fsp3) is 0.250. The molecule has 0 saturated carbocycles. The van der Waals surface area contributed by atoms with Crippen LogP contribution in [0.15, 0.2) is 53.3 Å². The first-order chi connectivity index (χ1) is 15.1. The van der Waals surface area contributed by atoms with Crippen LogP contribution in [-0.4, -0.2) is 31.2 Å². The second-order valence-corrected chi connectivity index (χ2v) is 8.16. The number of carbonyl (C=O) groups excluding carboxylic acids is 1. The van der Waals surface area contributed by atoms with Gasteiger partial charge < -0.3 is 19.4 Å². The molecule has 0 fully saturated rings. The highest BCUT2D eigenvalue weighted by Gasteiger charge is 2.17. The van der Waals surface area contributed by atoms with E-state index >= 15 is 0 Å². The number of aromatic nitrogens is 1. The van der Waals surface area contributed by atoms with Gasteiger partial charge in [-0.3, -0.25) is 9.59 Å². The van der Waals surface area contributed by atoms with Gasteiger partial charge in [0.1, 0.15) is 11.5 Å². The van der Waals surface area contributed by atoms with Crippen LogP contribution < -0.4 is 20.3 Å². The summed E-state index contributed by atoms with van der Waals surface area (Å²) < 4.78 is 13.2. The standard InChI is InChI=1S/C24H24N2O4S/c1-4-26-19-8-6-5-7-17(19)22-18(24(26)28)14-21(31-22)23(27)25-12-11-15-9-10-16(29-2)13-20(15)30-3/h5-10,13-14H,4,11-12H2,1-3H3,(H,25,27). The van der Waals surface area contributed by atoms with E-state index in [1.54, 1.807) is 24.9 Å². The molecule has 2 aromatic carbocycles. The molecule has 0 radical (unpaired) electrons. The van der Waals surface area contributed by atoms with Crippen molar-refractivity contribution in [2.75, 3.05) is 20.8 Å². The zero-order chi connectivity index (χ0) is 22.0. The van der Waals surface area contributed by atoms with Gasteiger partial charge >= 0.3 is 0 Å². The molecule has 0 unspecified atom stereocenters. The summed E-state index contributed by atoms with van der Waals surface area (Å²) in [4.78, 5) is 26.3. The van der Waals surface area contributed by atoms with Crippen molar-refractivity contribution in [3.05, 3.63) is 69.3 Å². The minimum absolute atomic E-state index is 0.0607. The lowest BCUT2D eigenvalue weighted by atomic mass is 10.1. The van der Waals surface area contributed by atoms with Crippen LogP contribution in [0.1, 0.15) is 22.2 Å². The average Bonchev–Trinajstić information content (AvgIpc) is 3.26. The van der Waals surface area contributed by atoms with Gasteiger partial charge in [0, 0.05) is 29.2 Å². The predicted octanol–water partition coefficient (Wildman–Crippen LogP) is 4.23. The Balaban J connectivity index is 1.57.